The van der Waals surface area contributed by atoms with Gasteiger partial charge in [0.15, 0.2) is 5.84 Å². The third-order valence-electron chi connectivity index (χ3n) is 1.95. The average molecular weight is 261 g/mol. The minimum absolute atomic E-state index is 0.228. The molecule has 0 saturated carbocycles. The quantitative estimate of drug-likeness (QED) is 0.703. The van der Waals surface area contributed by atoms with E-state index in [1.54, 1.807) is 0 Å². The number of halogens is 1. The van der Waals surface area contributed by atoms with E-state index in [-0.39, 0.29) is 5.16 Å². The minimum atomic E-state index is -2.42. The van der Waals surface area contributed by atoms with Gasteiger partial charge in [0, 0.05) is 10.5 Å². The van der Waals surface area contributed by atoms with Gasteiger partial charge in [-0.3, -0.25) is 0 Å². The maximum Gasteiger partial charge on any atom is 0.180 e. The summed E-state index contributed by atoms with van der Waals surface area (Å²) < 4.78 is 12.4. The fourth-order valence-electron chi connectivity index (χ4n) is 1.01. The number of hydrogen-bond acceptors (Lipinski definition) is 1. The van der Waals surface area contributed by atoms with Crippen molar-refractivity contribution < 1.29 is 4.57 Å². The van der Waals surface area contributed by atoms with Crippen molar-refractivity contribution in [3.63, 3.8) is 0 Å². The molecule has 0 heterocycles. The first-order chi connectivity index (χ1) is 5.86. The smallest absolute Gasteiger partial charge is 0.180 e. The Hall–Kier alpha value is -0.0700. The molecule has 1 rings (SSSR count). The van der Waals surface area contributed by atoms with Crippen molar-refractivity contribution in [3.05, 3.63) is 30.3 Å². The molecule has 1 atom stereocenters. The van der Waals surface area contributed by atoms with E-state index < -0.39 is 5.84 Å². The Kier molecular flexibility index (Phi) is 3.04. The molecule has 1 aromatic carbocycles. The molecule has 1 aromatic rings. The van der Waals surface area contributed by atoms with Crippen molar-refractivity contribution in [2.24, 2.45) is 0 Å². The largest absolute Gasteiger partial charge is 0.306 e. The third-order valence-corrected chi connectivity index (χ3v) is 9.06. The van der Waals surface area contributed by atoms with Crippen LogP contribution in [0.15, 0.2) is 30.3 Å². The van der Waals surface area contributed by atoms with E-state index in [9.17, 15) is 4.57 Å². The monoisotopic (exact) mass is 260 g/mol. The van der Waals surface area contributed by atoms with Crippen LogP contribution < -0.4 is 5.30 Å². The van der Waals surface area contributed by atoms with Gasteiger partial charge in [0.25, 0.3) is 0 Å². The third kappa shape index (κ3) is 2.24. The zero-order valence-electron chi connectivity index (χ0n) is 8.12. The Morgan fingerprint density at radius 3 is 2.00 bits per heavy atom. The van der Waals surface area contributed by atoms with E-state index in [1.807, 2.05) is 51.1 Å². The van der Waals surface area contributed by atoms with Crippen molar-refractivity contribution >= 4 is 26.6 Å². The van der Waals surface area contributed by atoms with E-state index in [1.165, 1.54) is 0 Å². The second-order valence-corrected chi connectivity index (χ2v) is 9.96. The molecule has 0 amide bonds. The Bertz CT molecular complexity index is 327. The highest BCUT2D eigenvalue weighted by Gasteiger charge is 2.35. The van der Waals surface area contributed by atoms with Gasteiger partial charge in [-0.2, -0.15) is 0 Å². The van der Waals surface area contributed by atoms with E-state index >= 15 is 0 Å². The summed E-state index contributed by atoms with van der Waals surface area (Å²) in [5, 5.41) is 0.663. The van der Waals surface area contributed by atoms with Crippen molar-refractivity contribution in [2.75, 3.05) is 0 Å². The SMILES string of the molecule is CC(C)(C)P(=O)(Br)c1ccccc1. The molecule has 3 heteroatoms. The first kappa shape index (κ1) is 11.0. The molecular formula is C10H14BrOP. The molecule has 0 saturated heterocycles. The fourth-order valence-corrected chi connectivity index (χ4v) is 3.05. The van der Waals surface area contributed by atoms with Crippen LogP contribution in [0.1, 0.15) is 20.8 Å². The Morgan fingerprint density at radius 2 is 1.62 bits per heavy atom. The molecule has 1 nitrogen and oxygen atoms in total. The topological polar surface area (TPSA) is 17.1 Å². The first-order valence-corrected chi connectivity index (χ1v) is 7.93. The Labute approximate surface area is 87.7 Å². The second-order valence-electron chi connectivity index (χ2n) is 4.04. The van der Waals surface area contributed by atoms with Crippen LogP contribution >= 0.6 is 21.3 Å². The van der Waals surface area contributed by atoms with E-state index in [2.05, 4.69) is 15.5 Å². The van der Waals surface area contributed by atoms with Gasteiger partial charge in [-0.25, -0.2) is 0 Å². The molecule has 0 aliphatic carbocycles. The molecule has 0 aliphatic rings. The van der Waals surface area contributed by atoms with E-state index in [4.69, 9.17) is 0 Å². The molecule has 0 aliphatic heterocycles. The van der Waals surface area contributed by atoms with Crippen molar-refractivity contribution in [1.82, 2.24) is 0 Å². The summed E-state index contributed by atoms with van der Waals surface area (Å²) in [7, 11) is 0. The van der Waals surface area contributed by atoms with E-state index in [0.29, 0.717) is 0 Å². The number of rotatable bonds is 1. The van der Waals surface area contributed by atoms with Crippen LogP contribution in [0.25, 0.3) is 0 Å². The molecule has 0 aromatic heterocycles. The van der Waals surface area contributed by atoms with Crippen LogP contribution in [0.4, 0.5) is 0 Å². The highest BCUT2D eigenvalue weighted by atomic mass is 79.9. The summed E-state index contributed by atoms with van der Waals surface area (Å²) in [5.74, 6) is -2.42. The molecule has 1 unspecified atom stereocenters. The van der Waals surface area contributed by atoms with Gasteiger partial charge in [-0.05, 0) is 15.5 Å². The van der Waals surface area contributed by atoms with Crippen LogP contribution in [0.5, 0.6) is 0 Å². The minimum Gasteiger partial charge on any atom is -0.306 e. The van der Waals surface area contributed by atoms with Gasteiger partial charge < -0.3 is 4.57 Å². The highest BCUT2D eigenvalue weighted by Crippen LogP contribution is 2.63. The predicted octanol–water partition coefficient (Wildman–Crippen LogP) is 3.78. The summed E-state index contributed by atoms with van der Waals surface area (Å²) in [6.45, 7) is 5.95. The average Bonchev–Trinajstić information content (AvgIpc) is 2.04. The number of benzene rings is 1. The second kappa shape index (κ2) is 3.59. The van der Waals surface area contributed by atoms with E-state index in [0.717, 1.165) is 5.30 Å². The van der Waals surface area contributed by atoms with Crippen molar-refractivity contribution in [3.8, 4) is 0 Å². The zero-order valence-corrected chi connectivity index (χ0v) is 10.6. The van der Waals surface area contributed by atoms with Crippen LogP contribution in [-0.4, -0.2) is 5.16 Å². The van der Waals surface area contributed by atoms with Gasteiger partial charge in [0.1, 0.15) is 0 Å². The molecule has 0 bridgehead atoms. The lowest BCUT2D eigenvalue weighted by Gasteiger charge is -2.26. The maximum absolute atomic E-state index is 12.4. The van der Waals surface area contributed by atoms with Gasteiger partial charge >= 0.3 is 0 Å². The van der Waals surface area contributed by atoms with Gasteiger partial charge in [-0.15, -0.1) is 0 Å². The summed E-state index contributed by atoms with van der Waals surface area (Å²) >= 11 is 3.37. The molecule has 13 heavy (non-hydrogen) atoms. The molecule has 72 valence electrons. The van der Waals surface area contributed by atoms with Crippen LogP contribution in [0, 0.1) is 0 Å². The van der Waals surface area contributed by atoms with Crippen molar-refractivity contribution in [1.29, 1.82) is 0 Å². The van der Waals surface area contributed by atoms with Crippen LogP contribution in [0.3, 0.4) is 0 Å². The van der Waals surface area contributed by atoms with Gasteiger partial charge in [0.05, 0.1) is 0 Å². The predicted molar refractivity (Wildman–Crippen MR) is 62.4 cm³/mol. The summed E-state index contributed by atoms with van der Waals surface area (Å²) in [6, 6.07) is 9.56. The Morgan fingerprint density at radius 1 is 1.15 bits per heavy atom. The fraction of sp³-hybridized carbons (Fsp3) is 0.400. The number of hydrogen-bond donors (Lipinski definition) is 0. The first-order valence-electron chi connectivity index (χ1n) is 4.21. The molecule has 0 fully saturated rings. The van der Waals surface area contributed by atoms with Gasteiger partial charge in [-0.1, -0.05) is 51.1 Å². The lowest BCUT2D eigenvalue weighted by molar-refractivity contribution is 0.569. The summed E-state index contributed by atoms with van der Waals surface area (Å²) in [4.78, 5) is 0. The normalized spacial score (nSPS) is 16.6. The molecular weight excluding hydrogens is 247 g/mol. The molecule has 0 radical (unpaired) electrons. The van der Waals surface area contributed by atoms with Gasteiger partial charge in [0.2, 0.25) is 0 Å². The van der Waals surface area contributed by atoms with Crippen molar-refractivity contribution in [2.45, 2.75) is 25.9 Å². The maximum atomic E-state index is 12.4. The lowest BCUT2D eigenvalue weighted by atomic mass is 10.3. The highest BCUT2D eigenvalue weighted by molar-refractivity contribution is 9.41. The van der Waals surface area contributed by atoms with Crippen LogP contribution in [0.2, 0.25) is 0 Å². The molecule has 0 N–H and O–H groups in total. The van der Waals surface area contributed by atoms with Crippen LogP contribution in [-0.2, 0) is 4.57 Å². The standard InChI is InChI=1S/C10H14BrOP/c1-10(2,3)13(11,12)9-7-5-4-6-8-9/h4-8H,1-3H3. The summed E-state index contributed by atoms with van der Waals surface area (Å²) in [5.41, 5.74) is 0. The lowest BCUT2D eigenvalue weighted by Crippen LogP contribution is -2.19. The zero-order chi connectivity index (χ0) is 10.1. The summed E-state index contributed by atoms with van der Waals surface area (Å²) in [6.07, 6.45) is 0. The Balaban J connectivity index is 3.17. The molecule has 0 spiro atoms.